The third-order valence-electron chi connectivity index (χ3n) is 7.32. The van der Waals surface area contributed by atoms with Gasteiger partial charge in [0.15, 0.2) is 0 Å². The quantitative estimate of drug-likeness (QED) is 0.527. The van der Waals surface area contributed by atoms with Crippen LogP contribution in [0.25, 0.3) is 22.5 Å². The molecule has 0 spiro atoms. The highest BCUT2D eigenvalue weighted by Gasteiger charge is 2.23. The molecular formula is C28H35N5O. The van der Waals surface area contributed by atoms with E-state index in [2.05, 4.69) is 62.6 Å². The van der Waals surface area contributed by atoms with Crippen LogP contribution in [0.1, 0.15) is 49.4 Å². The molecule has 3 aromatic rings. The number of anilines is 1. The van der Waals surface area contributed by atoms with E-state index >= 15 is 0 Å². The van der Waals surface area contributed by atoms with E-state index in [4.69, 9.17) is 0 Å². The zero-order chi connectivity index (χ0) is 23.3. The average molecular weight is 458 g/mol. The van der Waals surface area contributed by atoms with Crippen LogP contribution in [-0.4, -0.2) is 59.8 Å². The lowest BCUT2D eigenvalue weighted by Gasteiger charge is -2.28. The Hall–Kier alpha value is -3.12. The lowest BCUT2D eigenvalue weighted by Crippen LogP contribution is -2.40. The number of rotatable bonds is 7. The topological polar surface area (TPSA) is 64.3 Å². The van der Waals surface area contributed by atoms with Crippen molar-refractivity contribution in [3.8, 4) is 22.5 Å². The second kappa shape index (κ2) is 10.4. The molecule has 0 radical (unpaired) electrons. The first kappa shape index (κ1) is 22.7. The Balaban J connectivity index is 1.20. The van der Waals surface area contributed by atoms with Crippen molar-refractivity contribution in [2.24, 2.45) is 0 Å². The molecule has 6 heteroatoms. The lowest BCUT2D eigenvalue weighted by molar-refractivity contribution is 0.0941. The summed E-state index contributed by atoms with van der Waals surface area (Å²) >= 11 is 0. The third kappa shape index (κ3) is 5.02. The Morgan fingerprint density at radius 2 is 1.71 bits per heavy atom. The number of aromatic nitrogens is 2. The number of hydrogen-bond acceptors (Lipinski definition) is 4. The number of likely N-dealkylation sites (N-methyl/N-ethyl adjacent to an activating group) is 1. The summed E-state index contributed by atoms with van der Waals surface area (Å²) in [5.41, 5.74) is 5.99. The highest BCUT2D eigenvalue weighted by atomic mass is 16.1. The zero-order valence-electron chi connectivity index (χ0n) is 20.1. The number of benzene rings is 2. The Labute approximate surface area is 202 Å². The van der Waals surface area contributed by atoms with Crippen molar-refractivity contribution in [1.29, 1.82) is 0 Å². The molecule has 2 saturated heterocycles. The van der Waals surface area contributed by atoms with Gasteiger partial charge in [0.25, 0.3) is 5.91 Å². The highest BCUT2D eigenvalue weighted by Crippen LogP contribution is 2.27. The fourth-order valence-electron chi connectivity index (χ4n) is 5.27. The third-order valence-corrected chi connectivity index (χ3v) is 7.32. The fourth-order valence-corrected chi connectivity index (χ4v) is 5.27. The van der Waals surface area contributed by atoms with E-state index in [1.807, 2.05) is 24.3 Å². The minimum absolute atomic E-state index is 0.00593. The van der Waals surface area contributed by atoms with Crippen LogP contribution in [0.4, 0.5) is 5.69 Å². The molecule has 6 nitrogen and oxygen atoms in total. The molecule has 5 rings (SSSR count). The van der Waals surface area contributed by atoms with Gasteiger partial charge in [-0.3, -0.25) is 14.8 Å². The van der Waals surface area contributed by atoms with E-state index in [9.17, 15) is 4.79 Å². The zero-order valence-corrected chi connectivity index (χ0v) is 20.1. The normalized spacial score (nSPS) is 18.9. The SMILES string of the molecule is CCN1CCCC1CNC(=O)c1ccc(-c2cc(-c3ccc(N4CCCCC4)cc3)n[nH]2)cc1. The maximum absolute atomic E-state index is 12.6. The van der Waals surface area contributed by atoms with Gasteiger partial charge < -0.3 is 10.2 Å². The Morgan fingerprint density at radius 1 is 0.971 bits per heavy atom. The predicted octanol–water partition coefficient (Wildman–Crippen LogP) is 4.95. The van der Waals surface area contributed by atoms with Gasteiger partial charge in [-0.25, -0.2) is 0 Å². The van der Waals surface area contributed by atoms with Gasteiger partial charge in [-0.1, -0.05) is 31.2 Å². The summed E-state index contributed by atoms with van der Waals surface area (Å²) in [4.78, 5) is 17.5. The van der Waals surface area contributed by atoms with Crippen LogP contribution in [-0.2, 0) is 0 Å². The first-order valence-electron chi connectivity index (χ1n) is 12.7. The van der Waals surface area contributed by atoms with E-state index in [0.29, 0.717) is 11.6 Å². The molecule has 0 saturated carbocycles. The smallest absolute Gasteiger partial charge is 0.251 e. The van der Waals surface area contributed by atoms with Crippen molar-refractivity contribution < 1.29 is 4.79 Å². The largest absolute Gasteiger partial charge is 0.372 e. The lowest BCUT2D eigenvalue weighted by atomic mass is 10.1. The molecule has 2 aliphatic heterocycles. The van der Waals surface area contributed by atoms with Crippen LogP contribution in [0, 0.1) is 0 Å². The number of hydrogen-bond donors (Lipinski definition) is 2. The Kier molecular flexibility index (Phi) is 6.95. The molecule has 0 aliphatic carbocycles. The number of amides is 1. The van der Waals surface area contributed by atoms with Gasteiger partial charge in [-0.15, -0.1) is 0 Å². The van der Waals surface area contributed by atoms with Crippen LogP contribution in [0.2, 0.25) is 0 Å². The summed E-state index contributed by atoms with van der Waals surface area (Å²) in [6.45, 7) is 7.39. The molecule has 1 aromatic heterocycles. The molecule has 2 fully saturated rings. The Bertz CT molecular complexity index is 1080. The fraction of sp³-hybridized carbons (Fsp3) is 0.429. The summed E-state index contributed by atoms with van der Waals surface area (Å²) < 4.78 is 0. The van der Waals surface area contributed by atoms with E-state index < -0.39 is 0 Å². The number of likely N-dealkylation sites (tertiary alicyclic amines) is 1. The average Bonchev–Trinajstić information content (AvgIpc) is 3.58. The first-order chi connectivity index (χ1) is 16.7. The van der Waals surface area contributed by atoms with Crippen LogP contribution < -0.4 is 10.2 Å². The second-order valence-electron chi connectivity index (χ2n) is 9.47. The number of carbonyl (C=O) groups is 1. The molecule has 1 unspecified atom stereocenters. The monoisotopic (exact) mass is 457 g/mol. The van der Waals surface area contributed by atoms with Crippen molar-refractivity contribution in [2.75, 3.05) is 37.6 Å². The molecule has 1 amide bonds. The highest BCUT2D eigenvalue weighted by molar-refractivity contribution is 5.94. The number of nitrogens with one attached hydrogen (secondary N) is 2. The number of aromatic amines is 1. The summed E-state index contributed by atoms with van der Waals surface area (Å²) in [5, 5.41) is 10.8. The summed E-state index contributed by atoms with van der Waals surface area (Å²) in [6, 6.07) is 19.0. The predicted molar refractivity (Wildman–Crippen MR) is 138 cm³/mol. The molecular weight excluding hydrogens is 422 g/mol. The van der Waals surface area contributed by atoms with Gasteiger partial charge >= 0.3 is 0 Å². The van der Waals surface area contributed by atoms with Crippen LogP contribution in [0.3, 0.4) is 0 Å². The minimum atomic E-state index is -0.00593. The first-order valence-corrected chi connectivity index (χ1v) is 12.7. The van der Waals surface area contributed by atoms with Gasteiger partial charge in [0.1, 0.15) is 0 Å². The van der Waals surface area contributed by atoms with Gasteiger partial charge in [-0.05, 0) is 81.1 Å². The van der Waals surface area contributed by atoms with Crippen molar-refractivity contribution in [3.05, 3.63) is 60.2 Å². The summed E-state index contributed by atoms with van der Waals surface area (Å²) in [6.07, 6.45) is 6.29. The number of piperidine rings is 1. The van der Waals surface area contributed by atoms with Crippen LogP contribution in [0.5, 0.6) is 0 Å². The van der Waals surface area contributed by atoms with Crippen molar-refractivity contribution in [3.63, 3.8) is 0 Å². The molecule has 34 heavy (non-hydrogen) atoms. The number of carbonyl (C=O) groups excluding carboxylic acids is 1. The summed E-state index contributed by atoms with van der Waals surface area (Å²) in [7, 11) is 0. The molecule has 2 aromatic carbocycles. The van der Waals surface area contributed by atoms with Crippen LogP contribution in [0.15, 0.2) is 54.6 Å². The van der Waals surface area contributed by atoms with Crippen molar-refractivity contribution >= 4 is 11.6 Å². The van der Waals surface area contributed by atoms with Gasteiger partial charge in [0, 0.05) is 42.5 Å². The van der Waals surface area contributed by atoms with E-state index in [1.54, 1.807) is 0 Å². The number of nitrogens with zero attached hydrogens (tertiary/aromatic N) is 3. The van der Waals surface area contributed by atoms with Crippen molar-refractivity contribution in [2.45, 2.75) is 45.1 Å². The minimum Gasteiger partial charge on any atom is -0.372 e. The maximum Gasteiger partial charge on any atom is 0.251 e. The maximum atomic E-state index is 12.6. The summed E-state index contributed by atoms with van der Waals surface area (Å²) in [5.74, 6) is -0.00593. The van der Waals surface area contributed by atoms with Gasteiger partial charge in [-0.2, -0.15) is 5.10 Å². The number of H-pyrrole nitrogens is 1. The molecule has 0 bridgehead atoms. The van der Waals surface area contributed by atoms with Crippen LogP contribution >= 0.6 is 0 Å². The molecule has 1 atom stereocenters. The van der Waals surface area contributed by atoms with Gasteiger partial charge in [0.05, 0.1) is 11.4 Å². The molecule has 2 aliphatic rings. The molecule has 2 N–H and O–H groups in total. The second-order valence-corrected chi connectivity index (χ2v) is 9.47. The molecule has 3 heterocycles. The van der Waals surface area contributed by atoms with E-state index in [1.165, 1.54) is 31.4 Å². The van der Waals surface area contributed by atoms with E-state index in [-0.39, 0.29) is 5.91 Å². The molecule has 178 valence electrons. The Morgan fingerprint density at radius 3 is 2.44 bits per heavy atom. The van der Waals surface area contributed by atoms with Gasteiger partial charge in [0.2, 0.25) is 0 Å². The standard InChI is InChI=1S/C28H35N5O/c1-2-32-18-6-7-25(32)20-29-28(34)23-10-8-21(9-11-23)26-19-27(31-30-26)22-12-14-24(15-13-22)33-16-4-3-5-17-33/h8-15,19,25H,2-7,16-18,20H2,1H3,(H,29,34)(H,30,31). The van der Waals surface area contributed by atoms with Crippen molar-refractivity contribution in [1.82, 2.24) is 20.4 Å². The van der Waals surface area contributed by atoms with E-state index in [0.717, 1.165) is 61.7 Å².